The van der Waals surface area contributed by atoms with E-state index in [2.05, 4.69) is 4.98 Å². The van der Waals surface area contributed by atoms with Crippen molar-refractivity contribution in [3.63, 3.8) is 0 Å². The minimum atomic E-state index is -3.59. The molecule has 3 aromatic heterocycles. The van der Waals surface area contributed by atoms with Crippen molar-refractivity contribution >= 4 is 55.5 Å². The molecule has 0 amide bonds. The SMILES string of the molecule is CCc1nc2c(c(=O)n(Cc3ccc(Cl)cc3)c(=O)n2Cc2scc(S(=O)(=O)C(C)C)c2Cl)n1C. The number of halogens is 2. The number of hydrogen-bond acceptors (Lipinski definition) is 6. The maximum Gasteiger partial charge on any atom is 0.333 e. The Morgan fingerprint density at radius 3 is 2.31 bits per heavy atom. The molecule has 12 heteroatoms. The fourth-order valence-electron chi connectivity index (χ4n) is 3.84. The topological polar surface area (TPSA) is 96.0 Å². The Morgan fingerprint density at radius 2 is 1.71 bits per heavy atom. The van der Waals surface area contributed by atoms with E-state index < -0.39 is 26.3 Å². The van der Waals surface area contributed by atoms with E-state index >= 15 is 0 Å². The molecule has 0 aliphatic rings. The van der Waals surface area contributed by atoms with E-state index in [0.29, 0.717) is 22.1 Å². The van der Waals surface area contributed by atoms with Gasteiger partial charge in [-0.25, -0.2) is 18.2 Å². The molecule has 0 atom stereocenters. The fraction of sp³-hybridized carbons (Fsp3) is 0.348. The van der Waals surface area contributed by atoms with Crippen LogP contribution in [0, 0.1) is 0 Å². The highest BCUT2D eigenvalue weighted by atomic mass is 35.5. The molecule has 3 heterocycles. The number of benzene rings is 1. The lowest BCUT2D eigenvalue weighted by Crippen LogP contribution is -2.41. The Hall–Kier alpha value is -2.40. The van der Waals surface area contributed by atoms with E-state index in [1.165, 1.54) is 9.95 Å². The van der Waals surface area contributed by atoms with E-state index in [9.17, 15) is 18.0 Å². The van der Waals surface area contributed by atoms with Crippen molar-refractivity contribution in [1.82, 2.24) is 18.7 Å². The molecular weight excluding hydrogens is 531 g/mol. The minimum Gasteiger partial charge on any atom is -0.325 e. The Labute approximate surface area is 216 Å². The normalized spacial score (nSPS) is 12.2. The monoisotopic (exact) mass is 554 g/mol. The molecule has 0 radical (unpaired) electrons. The fourth-order valence-corrected chi connectivity index (χ4v) is 7.01. The lowest BCUT2D eigenvalue weighted by atomic mass is 10.2. The smallest absolute Gasteiger partial charge is 0.325 e. The zero-order valence-corrected chi connectivity index (χ0v) is 22.7. The summed E-state index contributed by atoms with van der Waals surface area (Å²) in [7, 11) is -1.85. The van der Waals surface area contributed by atoms with Gasteiger partial charge in [-0.05, 0) is 31.5 Å². The second kappa shape index (κ2) is 9.57. The van der Waals surface area contributed by atoms with E-state index in [-0.39, 0.29) is 34.2 Å². The first kappa shape index (κ1) is 25.7. The molecule has 4 rings (SSSR count). The van der Waals surface area contributed by atoms with Gasteiger partial charge in [-0.1, -0.05) is 42.3 Å². The van der Waals surface area contributed by atoms with Gasteiger partial charge in [-0.15, -0.1) is 11.3 Å². The van der Waals surface area contributed by atoms with E-state index in [1.54, 1.807) is 49.7 Å². The molecule has 0 spiro atoms. The maximum absolute atomic E-state index is 13.6. The standard InChI is InChI=1S/C23H24Cl2N4O4S2/c1-5-18-26-21-20(27(18)4)22(30)29(10-14-6-8-15(24)9-7-14)23(31)28(21)11-16-19(25)17(12-34-16)35(32,33)13(2)3/h6-9,12-13H,5,10-11H2,1-4H3. The van der Waals surface area contributed by atoms with Gasteiger partial charge in [0, 0.05) is 28.7 Å². The minimum absolute atomic E-state index is 0.0203. The quantitative estimate of drug-likeness (QED) is 0.342. The molecule has 8 nitrogen and oxygen atoms in total. The Balaban J connectivity index is 1.92. The third-order valence-corrected chi connectivity index (χ3v) is 10.1. The van der Waals surface area contributed by atoms with Crippen LogP contribution in [-0.4, -0.2) is 32.4 Å². The van der Waals surface area contributed by atoms with Crippen LogP contribution in [0.5, 0.6) is 0 Å². The Morgan fingerprint density at radius 1 is 1.06 bits per heavy atom. The number of fused-ring (bicyclic) bond motifs is 1. The lowest BCUT2D eigenvalue weighted by molar-refractivity contribution is 0.587. The molecule has 4 aromatic rings. The first-order valence-corrected chi connectivity index (χ1v) is 14.1. The molecule has 0 N–H and O–H groups in total. The number of imidazole rings is 1. The molecule has 35 heavy (non-hydrogen) atoms. The van der Waals surface area contributed by atoms with E-state index in [4.69, 9.17) is 23.2 Å². The summed E-state index contributed by atoms with van der Waals surface area (Å²) in [6.07, 6.45) is 0.562. The second-order valence-electron chi connectivity index (χ2n) is 8.43. The highest BCUT2D eigenvalue weighted by Gasteiger charge is 2.27. The van der Waals surface area contributed by atoms with Crippen LogP contribution >= 0.6 is 34.5 Å². The lowest BCUT2D eigenvalue weighted by Gasteiger charge is -2.12. The van der Waals surface area contributed by atoms with Crippen molar-refractivity contribution in [3.05, 3.63) is 76.8 Å². The zero-order valence-electron chi connectivity index (χ0n) is 19.6. The van der Waals surface area contributed by atoms with Crippen LogP contribution < -0.4 is 11.2 Å². The van der Waals surface area contributed by atoms with Gasteiger partial charge in [0.15, 0.2) is 21.0 Å². The third kappa shape index (κ3) is 4.48. The van der Waals surface area contributed by atoms with Gasteiger partial charge in [0.2, 0.25) is 0 Å². The van der Waals surface area contributed by atoms with Crippen LogP contribution in [-0.2, 0) is 36.4 Å². The van der Waals surface area contributed by atoms with Gasteiger partial charge in [-0.3, -0.25) is 13.9 Å². The third-order valence-electron chi connectivity index (χ3n) is 5.90. The molecular formula is C23H24Cl2N4O4S2. The maximum atomic E-state index is 13.6. The molecule has 0 saturated heterocycles. The van der Waals surface area contributed by atoms with Crippen LogP contribution in [0.25, 0.3) is 11.2 Å². The number of sulfone groups is 1. The number of hydrogen-bond donors (Lipinski definition) is 0. The number of nitrogens with zero attached hydrogens (tertiary/aromatic N) is 4. The van der Waals surface area contributed by atoms with Gasteiger partial charge in [0.25, 0.3) is 5.56 Å². The van der Waals surface area contributed by atoms with Gasteiger partial charge in [-0.2, -0.15) is 0 Å². The molecule has 0 aliphatic carbocycles. The Bertz CT molecular complexity index is 1650. The summed E-state index contributed by atoms with van der Waals surface area (Å²) in [5.74, 6) is 0.648. The van der Waals surface area contributed by atoms with Crippen molar-refractivity contribution in [1.29, 1.82) is 0 Å². The van der Waals surface area contributed by atoms with E-state index in [1.807, 2.05) is 6.92 Å². The van der Waals surface area contributed by atoms with Crippen molar-refractivity contribution < 1.29 is 8.42 Å². The highest BCUT2D eigenvalue weighted by molar-refractivity contribution is 7.92. The summed E-state index contributed by atoms with van der Waals surface area (Å²) in [4.78, 5) is 32.1. The summed E-state index contributed by atoms with van der Waals surface area (Å²) < 4.78 is 29.6. The molecule has 1 aromatic carbocycles. The first-order valence-electron chi connectivity index (χ1n) is 10.9. The predicted octanol–water partition coefficient (Wildman–Crippen LogP) is 4.11. The van der Waals surface area contributed by atoms with Gasteiger partial charge in [0.05, 0.1) is 28.3 Å². The van der Waals surface area contributed by atoms with Crippen LogP contribution in [0.3, 0.4) is 0 Å². The second-order valence-corrected chi connectivity index (χ2v) is 12.7. The van der Waals surface area contributed by atoms with Crippen molar-refractivity contribution in [2.75, 3.05) is 0 Å². The van der Waals surface area contributed by atoms with Gasteiger partial charge >= 0.3 is 5.69 Å². The summed E-state index contributed by atoms with van der Waals surface area (Å²) in [6, 6.07) is 6.89. The summed E-state index contributed by atoms with van der Waals surface area (Å²) >= 11 is 13.6. The zero-order chi connectivity index (χ0) is 25.7. The van der Waals surface area contributed by atoms with Crippen LogP contribution in [0.15, 0.2) is 44.1 Å². The van der Waals surface area contributed by atoms with Crippen molar-refractivity contribution in [2.45, 2.75) is 50.4 Å². The van der Waals surface area contributed by atoms with Gasteiger partial charge in [0.1, 0.15) is 5.82 Å². The summed E-state index contributed by atoms with van der Waals surface area (Å²) in [5.41, 5.74) is 0.251. The van der Waals surface area contributed by atoms with Crippen molar-refractivity contribution in [2.24, 2.45) is 7.05 Å². The largest absolute Gasteiger partial charge is 0.333 e. The number of rotatable bonds is 7. The van der Waals surface area contributed by atoms with E-state index in [0.717, 1.165) is 21.5 Å². The van der Waals surface area contributed by atoms with Gasteiger partial charge < -0.3 is 4.57 Å². The first-order chi connectivity index (χ1) is 16.5. The van der Waals surface area contributed by atoms with Crippen LogP contribution in [0.4, 0.5) is 0 Å². The molecule has 0 aliphatic heterocycles. The number of thiophene rings is 1. The van der Waals surface area contributed by atoms with Crippen molar-refractivity contribution in [3.8, 4) is 0 Å². The predicted molar refractivity (Wildman–Crippen MR) is 140 cm³/mol. The molecule has 0 bridgehead atoms. The average molecular weight is 556 g/mol. The molecule has 186 valence electrons. The highest BCUT2D eigenvalue weighted by Crippen LogP contribution is 2.34. The number of aromatic nitrogens is 4. The molecule has 0 unspecified atom stereocenters. The summed E-state index contributed by atoms with van der Waals surface area (Å²) in [6.45, 7) is 5.11. The van der Waals surface area contributed by atoms with Crippen LogP contribution in [0.1, 0.15) is 37.0 Å². The summed E-state index contributed by atoms with van der Waals surface area (Å²) in [5, 5.41) is 1.49. The van der Waals surface area contributed by atoms with Crippen LogP contribution in [0.2, 0.25) is 10.0 Å². The molecule has 0 saturated carbocycles. The average Bonchev–Trinajstić information content (AvgIpc) is 3.35. The Kier molecular flexibility index (Phi) is 7.02. The number of aryl methyl sites for hydroxylation is 2. The molecule has 0 fully saturated rings.